The maximum Gasteiger partial charge on any atom is 0.175 e. The predicted molar refractivity (Wildman–Crippen MR) is 83.2 cm³/mol. The Kier molecular flexibility index (Phi) is 3.72. The monoisotopic (exact) mass is 290 g/mol. The molecular weight excluding hydrogens is 272 g/mol. The zero-order chi connectivity index (χ0) is 14.9. The summed E-state index contributed by atoms with van der Waals surface area (Å²) in [7, 11) is -1.33. The third kappa shape index (κ3) is 2.93. The number of nitrogens with zero attached hydrogens (tertiary/aromatic N) is 1. The van der Waals surface area contributed by atoms with E-state index < -0.39 is 9.84 Å². The third-order valence-corrected chi connectivity index (χ3v) is 4.29. The number of anilines is 3. The lowest BCUT2D eigenvalue weighted by atomic mass is 10.2. The van der Waals surface area contributed by atoms with Crippen molar-refractivity contribution in [1.82, 2.24) is 0 Å². The van der Waals surface area contributed by atoms with Crippen molar-refractivity contribution in [2.75, 3.05) is 23.9 Å². The molecule has 2 aromatic rings. The highest BCUT2D eigenvalue weighted by Crippen LogP contribution is 2.31. The Morgan fingerprint density at radius 2 is 1.80 bits per heavy atom. The molecule has 0 unspecified atom stereocenters. The van der Waals surface area contributed by atoms with Gasteiger partial charge in [-0.05, 0) is 42.8 Å². The van der Waals surface area contributed by atoms with Crippen LogP contribution in [0.4, 0.5) is 17.1 Å². The van der Waals surface area contributed by atoms with Gasteiger partial charge in [0.2, 0.25) is 0 Å². The fraction of sp³-hybridized carbons (Fsp3) is 0.200. The van der Waals surface area contributed by atoms with Crippen LogP contribution >= 0.6 is 0 Å². The summed E-state index contributed by atoms with van der Waals surface area (Å²) in [6, 6.07) is 12.8. The van der Waals surface area contributed by atoms with E-state index >= 15 is 0 Å². The molecule has 20 heavy (non-hydrogen) atoms. The third-order valence-electron chi connectivity index (χ3n) is 3.18. The topological polar surface area (TPSA) is 63.4 Å². The molecule has 0 amide bonds. The first-order chi connectivity index (χ1) is 9.29. The van der Waals surface area contributed by atoms with Gasteiger partial charge in [-0.15, -0.1) is 0 Å². The number of rotatable bonds is 3. The van der Waals surface area contributed by atoms with Gasteiger partial charge in [0, 0.05) is 19.0 Å². The van der Waals surface area contributed by atoms with Crippen LogP contribution in [0.25, 0.3) is 0 Å². The number of hydrogen-bond acceptors (Lipinski definition) is 4. The summed E-state index contributed by atoms with van der Waals surface area (Å²) in [4.78, 5) is 2.17. The number of nitrogen functional groups attached to an aromatic ring is 1. The van der Waals surface area contributed by atoms with Gasteiger partial charge in [-0.25, -0.2) is 8.42 Å². The van der Waals surface area contributed by atoms with Crippen molar-refractivity contribution in [1.29, 1.82) is 0 Å². The number of nitrogens with two attached hydrogens (primary N) is 1. The molecule has 0 saturated carbocycles. The lowest BCUT2D eigenvalue weighted by molar-refractivity contribution is 0.602. The van der Waals surface area contributed by atoms with E-state index in [2.05, 4.69) is 0 Å². The zero-order valence-corrected chi connectivity index (χ0v) is 12.6. The Balaban J connectivity index is 2.43. The van der Waals surface area contributed by atoms with Crippen LogP contribution in [0.2, 0.25) is 0 Å². The normalized spacial score (nSPS) is 11.3. The molecule has 4 nitrogen and oxygen atoms in total. The van der Waals surface area contributed by atoms with Crippen molar-refractivity contribution < 1.29 is 8.42 Å². The summed E-state index contributed by atoms with van der Waals surface area (Å²) >= 11 is 0. The van der Waals surface area contributed by atoms with Gasteiger partial charge in [0.1, 0.15) is 0 Å². The average Bonchev–Trinajstić information content (AvgIpc) is 2.36. The molecule has 0 fully saturated rings. The smallest absolute Gasteiger partial charge is 0.175 e. The lowest BCUT2D eigenvalue weighted by Gasteiger charge is -2.22. The Morgan fingerprint density at radius 1 is 1.10 bits per heavy atom. The molecule has 2 aromatic carbocycles. The van der Waals surface area contributed by atoms with Gasteiger partial charge in [-0.2, -0.15) is 0 Å². The summed E-state index contributed by atoms with van der Waals surface area (Å²) in [5.41, 5.74) is 9.37. The standard InChI is InChI=1S/C15H18N2O2S/c1-11-5-4-6-12(9-11)17(2)15-8-7-13(10-14(15)16)20(3,18)19/h4-10H,16H2,1-3H3. The minimum absolute atomic E-state index is 0.233. The average molecular weight is 290 g/mol. The fourth-order valence-corrected chi connectivity index (χ4v) is 2.70. The number of benzene rings is 2. The van der Waals surface area contributed by atoms with Crippen LogP contribution in [0.15, 0.2) is 47.4 Å². The quantitative estimate of drug-likeness (QED) is 0.883. The summed E-state index contributed by atoms with van der Waals surface area (Å²) in [6.45, 7) is 2.02. The molecular formula is C15H18N2O2S. The first kappa shape index (κ1) is 14.4. The van der Waals surface area contributed by atoms with Crippen LogP contribution < -0.4 is 10.6 Å². The number of sulfone groups is 1. The van der Waals surface area contributed by atoms with Gasteiger partial charge in [0.25, 0.3) is 0 Å². The molecule has 0 aromatic heterocycles. The molecule has 0 bridgehead atoms. The molecule has 0 atom stereocenters. The highest BCUT2D eigenvalue weighted by atomic mass is 32.2. The Morgan fingerprint density at radius 3 is 2.35 bits per heavy atom. The van der Waals surface area contributed by atoms with Gasteiger partial charge in [0.15, 0.2) is 9.84 Å². The van der Waals surface area contributed by atoms with Crippen molar-refractivity contribution >= 4 is 26.9 Å². The summed E-state index contributed by atoms with van der Waals surface area (Å²) in [5.74, 6) is 0. The van der Waals surface area contributed by atoms with E-state index in [-0.39, 0.29) is 4.90 Å². The largest absolute Gasteiger partial charge is 0.397 e. The summed E-state index contributed by atoms with van der Waals surface area (Å²) in [6.07, 6.45) is 1.17. The number of hydrogen-bond donors (Lipinski definition) is 1. The molecule has 0 aliphatic heterocycles. The van der Waals surface area contributed by atoms with Crippen LogP contribution in [0.5, 0.6) is 0 Å². The van der Waals surface area contributed by atoms with E-state index in [1.807, 2.05) is 43.1 Å². The molecule has 106 valence electrons. The van der Waals surface area contributed by atoms with Crippen molar-refractivity contribution in [2.24, 2.45) is 0 Å². The Bertz CT molecular complexity index is 739. The van der Waals surface area contributed by atoms with E-state index in [4.69, 9.17) is 5.73 Å². The maximum absolute atomic E-state index is 11.5. The SMILES string of the molecule is Cc1cccc(N(C)c2ccc(S(C)(=O)=O)cc2N)c1. The molecule has 2 rings (SSSR count). The van der Waals surface area contributed by atoms with E-state index in [1.54, 1.807) is 12.1 Å². The van der Waals surface area contributed by atoms with E-state index in [1.165, 1.54) is 12.3 Å². The van der Waals surface area contributed by atoms with Crippen LogP contribution in [-0.2, 0) is 9.84 Å². The van der Waals surface area contributed by atoms with Crippen molar-refractivity contribution in [2.45, 2.75) is 11.8 Å². The highest BCUT2D eigenvalue weighted by Gasteiger charge is 2.12. The minimum atomic E-state index is -3.24. The number of aryl methyl sites for hydroxylation is 1. The fourth-order valence-electron chi connectivity index (χ4n) is 2.04. The minimum Gasteiger partial charge on any atom is -0.397 e. The first-order valence-corrected chi connectivity index (χ1v) is 8.08. The predicted octanol–water partition coefficient (Wildman–Crippen LogP) is 2.75. The maximum atomic E-state index is 11.5. The lowest BCUT2D eigenvalue weighted by Crippen LogP contribution is -2.12. The first-order valence-electron chi connectivity index (χ1n) is 6.19. The molecule has 2 N–H and O–H groups in total. The Labute approximate surface area is 119 Å². The Hall–Kier alpha value is -2.01. The summed E-state index contributed by atoms with van der Waals surface area (Å²) in [5, 5.41) is 0. The second kappa shape index (κ2) is 5.17. The van der Waals surface area contributed by atoms with E-state index in [0.717, 1.165) is 16.9 Å². The van der Waals surface area contributed by atoms with Crippen LogP contribution in [0.3, 0.4) is 0 Å². The van der Waals surface area contributed by atoms with Gasteiger partial charge >= 0.3 is 0 Å². The molecule has 0 aliphatic rings. The molecule has 5 heteroatoms. The second-order valence-corrected chi connectivity index (χ2v) is 6.91. The molecule has 0 radical (unpaired) electrons. The van der Waals surface area contributed by atoms with Crippen molar-refractivity contribution in [3.63, 3.8) is 0 Å². The molecule has 0 aliphatic carbocycles. The van der Waals surface area contributed by atoms with Gasteiger partial charge in [-0.3, -0.25) is 0 Å². The second-order valence-electron chi connectivity index (χ2n) is 4.89. The van der Waals surface area contributed by atoms with Gasteiger partial charge in [-0.1, -0.05) is 12.1 Å². The van der Waals surface area contributed by atoms with Gasteiger partial charge < -0.3 is 10.6 Å². The van der Waals surface area contributed by atoms with Gasteiger partial charge in [0.05, 0.1) is 16.3 Å². The zero-order valence-electron chi connectivity index (χ0n) is 11.8. The van der Waals surface area contributed by atoms with E-state index in [0.29, 0.717) is 5.69 Å². The van der Waals surface area contributed by atoms with Crippen molar-refractivity contribution in [3.05, 3.63) is 48.0 Å². The molecule has 0 saturated heterocycles. The van der Waals surface area contributed by atoms with Crippen LogP contribution in [0.1, 0.15) is 5.56 Å². The highest BCUT2D eigenvalue weighted by molar-refractivity contribution is 7.90. The summed E-state index contributed by atoms with van der Waals surface area (Å²) < 4.78 is 23.0. The van der Waals surface area contributed by atoms with Crippen molar-refractivity contribution in [3.8, 4) is 0 Å². The molecule has 0 heterocycles. The van der Waals surface area contributed by atoms with Crippen LogP contribution in [-0.4, -0.2) is 21.7 Å². The molecule has 0 spiro atoms. The van der Waals surface area contributed by atoms with Crippen LogP contribution in [0, 0.1) is 6.92 Å². The van der Waals surface area contributed by atoms with E-state index in [9.17, 15) is 8.42 Å².